The highest BCUT2D eigenvalue weighted by molar-refractivity contribution is 6.32. The number of aromatic hydroxyl groups is 1. The SMILES string of the molecule is CC1OC(OC2CCC(O[C@@]3(C)CC(=O)[C@]4(O)C5=C(C=C[C@]4(O)C3)C(=O)c3c(ccc(C4CC(O)C(OC6CCC(=O)C(C)O6)C(C)O4)c3O)C5=O)OC2C)C=CC1=O. The number of ether oxygens (including phenoxy) is 7. The minimum Gasteiger partial charge on any atom is -0.507 e. The predicted octanol–water partition coefficient (Wildman–Crippen LogP) is 2.71. The third-order valence-corrected chi connectivity index (χ3v) is 12.7. The molecule has 1 aromatic carbocycles. The van der Waals surface area contributed by atoms with Crippen LogP contribution in [0.2, 0.25) is 0 Å². The number of ketones is 5. The minimum atomic E-state index is -2.82. The number of phenols is 1. The highest BCUT2D eigenvalue weighted by Gasteiger charge is 2.67. The lowest BCUT2D eigenvalue weighted by Crippen LogP contribution is -2.69. The lowest BCUT2D eigenvalue weighted by atomic mass is 9.57. The molecule has 1 aromatic rings. The van der Waals surface area contributed by atoms with Gasteiger partial charge in [0.15, 0.2) is 53.4 Å². The molecular weight excluding hydrogens is 772 g/mol. The molecule has 0 radical (unpaired) electrons. The number of aliphatic hydroxyl groups excluding tert-OH is 1. The van der Waals surface area contributed by atoms with E-state index in [4.69, 9.17) is 33.2 Å². The maximum Gasteiger partial charge on any atom is 0.198 e. The van der Waals surface area contributed by atoms with E-state index in [0.717, 1.165) is 6.08 Å². The number of hydrogen-bond acceptors (Lipinski definition) is 16. The van der Waals surface area contributed by atoms with Crippen LogP contribution in [0, 0.1) is 0 Å². The monoisotopic (exact) mass is 822 g/mol. The number of carbonyl (C=O) groups excluding carboxylic acids is 5. The van der Waals surface area contributed by atoms with Gasteiger partial charge in [-0.3, -0.25) is 24.0 Å². The second-order valence-corrected chi connectivity index (χ2v) is 17.1. The lowest BCUT2D eigenvalue weighted by molar-refractivity contribution is -0.290. The lowest BCUT2D eigenvalue weighted by Gasteiger charge is -2.53. The Hall–Kier alpha value is -3.81. The first kappa shape index (κ1) is 41.9. The van der Waals surface area contributed by atoms with Crippen LogP contribution in [-0.2, 0) is 47.5 Å². The molecule has 0 spiro atoms. The normalized spacial score (nSPS) is 42.4. The number of phenolic OH excluding ortho intramolecular Hbond substituents is 1. The van der Waals surface area contributed by atoms with Gasteiger partial charge in [-0.25, -0.2) is 0 Å². The van der Waals surface area contributed by atoms with Gasteiger partial charge in [-0.05, 0) is 65.3 Å². The summed E-state index contributed by atoms with van der Waals surface area (Å²) in [6.07, 6.45) is -2.04. The molecule has 1 saturated carbocycles. The summed E-state index contributed by atoms with van der Waals surface area (Å²) in [6.45, 7) is 8.35. The molecule has 0 aromatic heterocycles. The first-order valence-corrected chi connectivity index (χ1v) is 20.2. The third kappa shape index (κ3) is 7.20. The topological polar surface area (TPSA) is 231 Å². The smallest absolute Gasteiger partial charge is 0.198 e. The van der Waals surface area contributed by atoms with Gasteiger partial charge in [0, 0.05) is 55.2 Å². The quantitative estimate of drug-likeness (QED) is 0.310. The largest absolute Gasteiger partial charge is 0.507 e. The van der Waals surface area contributed by atoms with E-state index in [-0.39, 0.29) is 53.1 Å². The molecule has 0 bridgehead atoms. The van der Waals surface area contributed by atoms with Gasteiger partial charge in [0.25, 0.3) is 0 Å². The number of rotatable bonds is 7. The number of benzene rings is 1. The minimum absolute atomic E-state index is 0.0357. The molecule has 4 heterocycles. The van der Waals surface area contributed by atoms with Crippen molar-refractivity contribution in [2.24, 2.45) is 0 Å². The number of fused-ring (bicyclic) bond motifs is 3. The van der Waals surface area contributed by atoms with Crippen LogP contribution in [0.5, 0.6) is 5.75 Å². The van der Waals surface area contributed by atoms with Crippen molar-refractivity contribution < 1.29 is 77.6 Å². The summed E-state index contributed by atoms with van der Waals surface area (Å²) in [5.41, 5.74) is -8.01. The Morgan fingerprint density at radius 1 is 0.831 bits per heavy atom. The van der Waals surface area contributed by atoms with Gasteiger partial charge in [0.2, 0.25) is 0 Å². The first-order chi connectivity index (χ1) is 27.8. The maximum absolute atomic E-state index is 14.3. The Morgan fingerprint density at radius 2 is 1.59 bits per heavy atom. The summed E-state index contributed by atoms with van der Waals surface area (Å²) < 4.78 is 41.9. The van der Waals surface area contributed by atoms with Crippen molar-refractivity contribution in [3.05, 3.63) is 64.3 Å². The summed E-state index contributed by atoms with van der Waals surface area (Å²) in [4.78, 5) is 66.3. The molecule has 4 aliphatic heterocycles. The highest BCUT2D eigenvalue weighted by Crippen LogP contribution is 2.53. The van der Waals surface area contributed by atoms with Crippen LogP contribution in [0.25, 0.3) is 0 Å². The number of aliphatic hydroxyl groups is 3. The number of allylic oxidation sites excluding steroid dienone is 2. The second-order valence-electron chi connectivity index (χ2n) is 17.1. The van der Waals surface area contributed by atoms with Crippen LogP contribution in [-0.4, -0.2) is 128 Å². The van der Waals surface area contributed by atoms with Gasteiger partial charge in [-0.15, -0.1) is 0 Å². The molecule has 59 heavy (non-hydrogen) atoms. The molecule has 7 aliphatic rings. The van der Waals surface area contributed by atoms with Crippen LogP contribution < -0.4 is 0 Å². The summed E-state index contributed by atoms with van der Waals surface area (Å²) in [7, 11) is 0. The Morgan fingerprint density at radius 3 is 2.29 bits per heavy atom. The zero-order valence-corrected chi connectivity index (χ0v) is 33.5. The van der Waals surface area contributed by atoms with Crippen molar-refractivity contribution in [3.63, 3.8) is 0 Å². The first-order valence-electron chi connectivity index (χ1n) is 20.2. The average Bonchev–Trinajstić information content (AvgIpc) is 3.16. The third-order valence-electron chi connectivity index (χ3n) is 12.7. The Labute approximate surface area is 340 Å². The number of Topliss-reactive ketones (excluding diaryl/α,β-unsaturated/α-hetero) is 4. The van der Waals surface area contributed by atoms with E-state index in [0.29, 0.717) is 19.3 Å². The Balaban J connectivity index is 0.965. The molecule has 8 rings (SSSR count). The summed E-state index contributed by atoms with van der Waals surface area (Å²) in [6, 6.07) is 2.68. The fourth-order valence-electron chi connectivity index (χ4n) is 9.57. The van der Waals surface area contributed by atoms with Crippen LogP contribution in [0.4, 0.5) is 0 Å². The zero-order valence-electron chi connectivity index (χ0n) is 33.5. The van der Waals surface area contributed by atoms with Gasteiger partial charge >= 0.3 is 0 Å². The van der Waals surface area contributed by atoms with Crippen LogP contribution >= 0.6 is 0 Å². The molecule has 3 aliphatic carbocycles. The van der Waals surface area contributed by atoms with Crippen molar-refractivity contribution in [1.82, 2.24) is 0 Å². The van der Waals surface area contributed by atoms with E-state index in [2.05, 4.69) is 0 Å². The molecule has 0 amide bonds. The molecule has 14 atom stereocenters. The molecular formula is C43H50O16. The van der Waals surface area contributed by atoms with Gasteiger partial charge in [-0.1, -0.05) is 12.1 Å². The summed E-state index contributed by atoms with van der Waals surface area (Å²) in [5.74, 6) is -3.46. The Kier molecular flexibility index (Phi) is 10.8. The van der Waals surface area contributed by atoms with Crippen LogP contribution in [0.3, 0.4) is 0 Å². The molecule has 16 heteroatoms. The standard InChI is InChI=1S/C43H50O16/c1-19-26(44)8-11-32(54-19)57-29-10-13-34(56-21(29)3)59-41(5)17-31(47)43(52)36-25(14-15-42(43,51)18-41)38(49)35-24(39(36)50)7-6-23(37(35)48)30-16-28(46)40(22(4)53-30)58-33-12-9-27(45)20(2)55-33/h6-8,11,14-15,19-22,28-30,32-34,40,46,48,51-52H,9-10,12-13,16-18H2,1-5H3/t19?,20?,21?,22?,28?,29?,30?,32?,33?,34?,40?,41-,42-,43-/m0/s1. The number of hydrogen-bond donors (Lipinski definition) is 4. The average molecular weight is 823 g/mol. The van der Waals surface area contributed by atoms with Crippen LogP contribution in [0.1, 0.15) is 112 Å². The van der Waals surface area contributed by atoms with E-state index in [1.54, 1.807) is 40.7 Å². The fraction of sp³-hybridized carbons (Fsp3) is 0.605. The molecule has 16 nitrogen and oxygen atoms in total. The molecule has 3 saturated heterocycles. The van der Waals surface area contributed by atoms with Crippen molar-refractivity contribution >= 4 is 28.9 Å². The van der Waals surface area contributed by atoms with E-state index >= 15 is 0 Å². The fourth-order valence-corrected chi connectivity index (χ4v) is 9.57. The van der Waals surface area contributed by atoms with Gasteiger partial charge in [0.1, 0.15) is 29.7 Å². The number of carbonyl (C=O) groups is 5. The van der Waals surface area contributed by atoms with Crippen molar-refractivity contribution in [3.8, 4) is 5.75 Å². The van der Waals surface area contributed by atoms with E-state index in [1.807, 2.05) is 0 Å². The van der Waals surface area contributed by atoms with E-state index in [9.17, 15) is 44.4 Å². The van der Waals surface area contributed by atoms with Crippen molar-refractivity contribution in [2.75, 3.05) is 0 Å². The molecule has 318 valence electrons. The maximum atomic E-state index is 14.3. The summed E-state index contributed by atoms with van der Waals surface area (Å²) in [5, 5.41) is 47.0. The Bertz CT molecular complexity index is 2040. The van der Waals surface area contributed by atoms with Gasteiger partial charge < -0.3 is 53.6 Å². The van der Waals surface area contributed by atoms with Gasteiger partial charge in [-0.2, -0.15) is 0 Å². The predicted molar refractivity (Wildman–Crippen MR) is 201 cm³/mol. The van der Waals surface area contributed by atoms with Crippen LogP contribution in [0.15, 0.2) is 47.6 Å². The summed E-state index contributed by atoms with van der Waals surface area (Å²) >= 11 is 0. The molecule has 4 fully saturated rings. The highest BCUT2D eigenvalue weighted by atomic mass is 16.7. The van der Waals surface area contributed by atoms with Crippen molar-refractivity contribution in [1.29, 1.82) is 0 Å². The van der Waals surface area contributed by atoms with Gasteiger partial charge in [0.05, 0.1) is 47.3 Å². The van der Waals surface area contributed by atoms with E-state index in [1.165, 1.54) is 24.3 Å². The second kappa shape index (κ2) is 15.3. The zero-order chi connectivity index (χ0) is 42.3. The van der Waals surface area contributed by atoms with Crippen molar-refractivity contribution in [2.45, 2.75) is 164 Å². The molecule has 4 N–H and O–H groups in total. The van der Waals surface area contributed by atoms with E-state index < -0.39 is 120 Å². The molecule has 11 unspecified atom stereocenters.